The molecule has 2 aromatic rings. The summed E-state index contributed by atoms with van der Waals surface area (Å²) >= 11 is 0. The van der Waals surface area contributed by atoms with Crippen molar-refractivity contribution in [2.75, 3.05) is 19.0 Å². The number of aryl methyl sites for hydroxylation is 2. The van der Waals surface area contributed by atoms with Gasteiger partial charge in [0.1, 0.15) is 12.4 Å². The number of para-hydroxylation sites is 2. The fourth-order valence-corrected chi connectivity index (χ4v) is 2.56. The van der Waals surface area contributed by atoms with E-state index in [0.717, 1.165) is 17.7 Å². The Balaban J connectivity index is 1.89. The van der Waals surface area contributed by atoms with Gasteiger partial charge < -0.3 is 14.8 Å². The zero-order valence-electron chi connectivity index (χ0n) is 15.4. The Labute approximate surface area is 148 Å². The van der Waals surface area contributed by atoms with Crippen LogP contribution < -0.4 is 20.1 Å². The summed E-state index contributed by atoms with van der Waals surface area (Å²) in [4.78, 5) is 12.2. The lowest BCUT2D eigenvalue weighted by Crippen LogP contribution is -2.40. The van der Waals surface area contributed by atoms with E-state index in [1.165, 1.54) is 0 Å². The SMILES string of the molecule is CCc1nn(C)c(NC(=O)N[C@@H](C)COc2ccccc2OC)c1C. The van der Waals surface area contributed by atoms with E-state index >= 15 is 0 Å². The number of benzene rings is 1. The van der Waals surface area contributed by atoms with Crippen LogP contribution in [-0.4, -0.2) is 35.6 Å². The van der Waals surface area contributed by atoms with Crippen LogP contribution in [0.4, 0.5) is 10.6 Å². The van der Waals surface area contributed by atoms with Crippen LogP contribution in [0.2, 0.25) is 0 Å². The van der Waals surface area contributed by atoms with Crippen LogP contribution in [-0.2, 0) is 13.5 Å². The third-order valence-electron chi connectivity index (χ3n) is 3.88. The van der Waals surface area contributed by atoms with Crippen molar-refractivity contribution in [3.05, 3.63) is 35.5 Å². The van der Waals surface area contributed by atoms with E-state index in [1.807, 2.05) is 52.1 Å². The Morgan fingerprint density at radius 1 is 1.32 bits per heavy atom. The largest absolute Gasteiger partial charge is 0.493 e. The van der Waals surface area contributed by atoms with Crippen LogP contribution in [0.15, 0.2) is 24.3 Å². The minimum atomic E-state index is -0.287. The first kappa shape index (κ1) is 18.6. The van der Waals surface area contributed by atoms with E-state index in [9.17, 15) is 4.79 Å². The molecule has 0 fully saturated rings. The standard InChI is InChI=1S/C18H26N4O3/c1-6-14-13(3)17(22(4)21-14)20-18(23)19-12(2)11-25-16-10-8-7-9-15(16)24-5/h7-10,12H,6,11H2,1-5H3,(H2,19,20,23)/t12-/m0/s1. The topological polar surface area (TPSA) is 77.4 Å². The predicted octanol–water partition coefficient (Wildman–Crippen LogP) is 2.89. The van der Waals surface area contributed by atoms with Gasteiger partial charge in [-0.15, -0.1) is 0 Å². The van der Waals surface area contributed by atoms with E-state index in [-0.39, 0.29) is 12.1 Å². The fourth-order valence-electron chi connectivity index (χ4n) is 2.56. The van der Waals surface area contributed by atoms with E-state index < -0.39 is 0 Å². The van der Waals surface area contributed by atoms with Gasteiger partial charge in [0.2, 0.25) is 0 Å². The number of amides is 2. The number of carbonyl (C=O) groups is 1. The van der Waals surface area contributed by atoms with Crippen LogP contribution in [0.1, 0.15) is 25.1 Å². The average Bonchev–Trinajstić information content (AvgIpc) is 2.87. The summed E-state index contributed by atoms with van der Waals surface area (Å²) < 4.78 is 12.7. The molecule has 0 aliphatic carbocycles. The smallest absolute Gasteiger partial charge is 0.320 e. The van der Waals surface area contributed by atoms with Gasteiger partial charge in [-0.05, 0) is 32.4 Å². The molecule has 2 rings (SSSR count). The molecule has 0 bridgehead atoms. The maximum Gasteiger partial charge on any atom is 0.320 e. The van der Waals surface area contributed by atoms with Crippen LogP contribution in [0.5, 0.6) is 11.5 Å². The molecular formula is C18H26N4O3. The Morgan fingerprint density at radius 2 is 2.00 bits per heavy atom. The second kappa shape index (κ2) is 8.41. The molecule has 25 heavy (non-hydrogen) atoms. The third kappa shape index (κ3) is 4.65. The summed E-state index contributed by atoms with van der Waals surface area (Å²) in [6, 6.07) is 6.95. The molecule has 1 aromatic carbocycles. The van der Waals surface area contributed by atoms with Crippen molar-refractivity contribution in [3.8, 4) is 11.5 Å². The molecule has 0 saturated carbocycles. The summed E-state index contributed by atoms with van der Waals surface area (Å²) in [5.41, 5.74) is 1.96. The van der Waals surface area contributed by atoms with Crippen LogP contribution in [0.25, 0.3) is 0 Å². The highest BCUT2D eigenvalue weighted by Crippen LogP contribution is 2.25. The highest BCUT2D eigenvalue weighted by atomic mass is 16.5. The number of ether oxygens (including phenoxy) is 2. The maximum absolute atomic E-state index is 12.2. The average molecular weight is 346 g/mol. The van der Waals surface area contributed by atoms with Crippen LogP contribution >= 0.6 is 0 Å². The van der Waals surface area contributed by atoms with Gasteiger partial charge in [-0.3, -0.25) is 10.00 Å². The highest BCUT2D eigenvalue weighted by molar-refractivity contribution is 5.89. The molecule has 0 aliphatic rings. The number of hydrogen-bond acceptors (Lipinski definition) is 4. The number of aromatic nitrogens is 2. The molecule has 1 atom stereocenters. The molecule has 7 heteroatoms. The maximum atomic E-state index is 12.2. The molecule has 136 valence electrons. The van der Waals surface area contributed by atoms with Crippen molar-refractivity contribution in [1.82, 2.24) is 15.1 Å². The lowest BCUT2D eigenvalue weighted by Gasteiger charge is -2.17. The van der Waals surface area contributed by atoms with Crippen molar-refractivity contribution < 1.29 is 14.3 Å². The highest BCUT2D eigenvalue weighted by Gasteiger charge is 2.15. The predicted molar refractivity (Wildman–Crippen MR) is 97.4 cm³/mol. The summed E-state index contributed by atoms with van der Waals surface area (Å²) in [6.45, 7) is 6.20. The monoisotopic (exact) mass is 346 g/mol. The number of carbonyl (C=O) groups excluding carboxylic acids is 1. The number of urea groups is 1. The number of rotatable bonds is 7. The van der Waals surface area contributed by atoms with E-state index in [0.29, 0.717) is 23.9 Å². The first-order chi connectivity index (χ1) is 12.0. The van der Waals surface area contributed by atoms with Crippen molar-refractivity contribution in [1.29, 1.82) is 0 Å². The summed E-state index contributed by atoms with van der Waals surface area (Å²) in [5, 5.41) is 10.1. The summed E-state index contributed by atoms with van der Waals surface area (Å²) in [5.74, 6) is 2.01. The molecule has 0 aliphatic heterocycles. The van der Waals surface area contributed by atoms with Crippen molar-refractivity contribution in [3.63, 3.8) is 0 Å². The summed E-state index contributed by atoms with van der Waals surface area (Å²) in [7, 11) is 3.41. The molecular weight excluding hydrogens is 320 g/mol. The normalized spacial score (nSPS) is 11.7. The Kier molecular flexibility index (Phi) is 6.27. The molecule has 0 unspecified atom stereocenters. The van der Waals surface area contributed by atoms with Crippen LogP contribution in [0, 0.1) is 6.92 Å². The summed E-state index contributed by atoms with van der Waals surface area (Å²) in [6.07, 6.45) is 0.826. The van der Waals surface area contributed by atoms with Gasteiger partial charge >= 0.3 is 6.03 Å². The van der Waals surface area contributed by atoms with Crippen molar-refractivity contribution >= 4 is 11.8 Å². The van der Waals surface area contributed by atoms with Gasteiger partial charge in [-0.2, -0.15) is 5.10 Å². The molecule has 1 aromatic heterocycles. The Hall–Kier alpha value is -2.70. The Bertz CT molecular complexity index is 727. The van der Waals surface area contributed by atoms with Gasteiger partial charge in [-0.25, -0.2) is 4.79 Å². The second-order valence-electron chi connectivity index (χ2n) is 5.86. The minimum Gasteiger partial charge on any atom is -0.493 e. The number of anilines is 1. The molecule has 1 heterocycles. The van der Waals surface area contributed by atoms with Gasteiger partial charge in [0.05, 0.1) is 18.8 Å². The van der Waals surface area contributed by atoms with Gasteiger partial charge in [0.25, 0.3) is 0 Å². The number of nitrogens with zero attached hydrogens (tertiary/aromatic N) is 2. The molecule has 0 spiro atoms. The van der Waals surface area contributed by atoms with Crippen molar-refractivity contribution in [2.24, 2.45) is 7.05 Å². The molecule has 0 radical (unpaired) electrons. The zero-order chi connectivity index (χ0) is 18.4. The lowest BCUT2D eigenvalue weighted by atomic mass is 10.2. The quantitative estimate of drug-likeness (QED) is 0.808. The Morgan fingerprint density at radius 3 is 2.60 bits per heavy atom. The van der Waals surface area contributed by atoms with Gasteiger partial charge in [0, 0.05) is 12.6 Å². The zero-order valence-corrected chi connectivity index (χ0v) is 15.4. The number of nitrogens with one attached hydrogen (secondary N) is 2. The second-order valence-corrected chi connectivity index (χ2v) is 5.86. The molecule has 2 N–H and O–H groups in total. The van der Waals surface area contributed by atoms with Gasteiger partial charge in [0.15, 0.2) is 11.5 Å². The number of methoxy groups -OCH3 is 1. The fraction of sp³-hybridized carbons (Fsp3) is 0.444. The van der Waals surface area contributed by atoms with Gasteiger partial charge in [-0.1, -0.05) is 19.1 Å². The first-order valence-electron chi connectivity index (χ1n) is 8.32. The van der Waals surface area contributed by atoms with E-state index in [1.54, 1.807) is 11.8 Å². The molecule has 0 saturated heterocycles. The number of hydrogen-bond donors (Lipinski definition) is 2. The van der Waals surface area contributed by atoms with Crippen molar-refractivity contribution in [2.45, 2.75) is 33.2 Å². The first-order valence-corrected chi connectivity index (χ1v) is 8.32. The molecule has 2 amide bonds. The van der Waals surface area contributed by atoms with Crippen LogP contribution in [0.3, 0.4) is 0 Å². The van der Waals surface area contributed by atoms with E-state index in [4.69, 9.17) is 9.47 Å². The van der Waals surface area contributed by atoms with E-state index in [2.05, 4.69) is 15.7 Å². The molecule has 7 nitrogen and oxygen atoms in total. The lowest BCUT2D eigenvalue weighted by molar-refractivity contribution is 0.233. The third-order valence-corrected chi connectivity index (χ3v) is 3.88. The minimum absolute atomic E-state index is 0.177.